The largest absolute Gasteiger partial charge is 0.320 e. The fourth-order valence-electron chi connectivity index (χ4n) is 1.76. The monoisotopic (exact) mass is 265 g/mol. The summed E-state index contributed by atoms with van der Waals surface area (Å²) in [6.45, 7) is 1.97. The molecule has 0 aromatic heterocycles. The van der Waals surface area contributed by atoms with E-state index in [0.29, 0.717) is 5.02 Å². The fraction of sp³-hybridized carbons (Fsp3) is 0.143. The molecule has 1 nitrogen and oxygen atoms in total. The Morgan fingerprint density at radius 1 is 1.00 bits per heavy atom. The molecule has 0 aliphatic rings. The first-order valence-electron chi connectivity index (χ1n) is 5.35. The van der Waals surface area contributed by atoms with Gasteiger partial charge in [-0.1, -0.05) is 53.5 Å². The van der Waals surface area contributed by atoms with Crippen LogP contribution in [0.1, 0.15) is 22.7 Å². The van der Waals surface area contributed by atoms with Crippen molar-refractivity contribution in [3.8, 4) is 0 Å². The normalized spacial score (nSPS) is 12.5. The Balaban J connectivity index is 2.40. The average molecular weight is 266 g/mol. The van der Waals surface area contributed by atoms with Gasteiger partial charge < -0.3 is 5.73 Å². The second kappa shape index (κ2) is 5.09. The first kappa shape index (κ1) is 12.4. The second-order valence-corrected chi connectivity index (χ2v) is 4.82. The number of hydrogen-bond donors (Lipinski definition) is 1. The van der Waals surface area contributed by atoms with Crippen LogP contribution in [0.5, 0.6) is 0 Å². The number of nitrogens with two attached hydrogens (primary N) is 1. The van der Waals surface area contributed by atoms with Crippen LogP contribution in [0.25, 0.3) is 0 Å². The van der Waals surface area contributed by atoms with Gasteiger partial charge in [0.15, 0.2) is 0 Å². The number of hydrogen-bond acceptors (Lipinski definition) is 1. The summed E-state index contributed by atoms with van der Waals surface area (Å²) in [4.78, 5) is 0. The Kier molecular flexibility index (Phi) is 3.72. The van der Waals surface area contributed by atoms with Crippen LogP contribution in [-0.2, 0) is 0 Å². The van der Waals surface area contributed by atoms with Crippen molar-refractivity contribution in [2.75, 3.05) is 0 Å². The lowest BCUT2D eigenvalue weighted by Crippen LogP contribution is -2.12. The van der Waals surface area contributed by atoms with Gasteiger partial charge in [-0.15, -0.1) is 0 Å². The molecule has 88 valence electrons. The highest BCUT2D eigenvalue weighted by atomic mass is 35.5. The zero-order valence-electron chi connectivity index (χ0n) is 9.45. The summed E-state index contributed by atoms with van der Waals surface area (Å²) in [6, 6.07) is 13.2. The van der Waals surface area contributed by atoms with Crippen LogP contribution in [0.4, 0.5) is 0 Å². The van der Waals surface area contributed by atoms with E-state index in [9.17, 15) is 0 Å². The molecule has 2 N–H and O–H groups in total. The van der Waals surface area contributed by atoms with Crippen LogP contribution >= 0.6 is 23.2 Å². The molecule has 17 heavy (non-hydrogen) atoms. The Morgan fingerprint density at radius 2 is 1.65 bits per heavy atom. The molecule has 0 bridgehead atoms. The highest BCUT2D eigenvalue weighted by Gasteiger charge is 2.13. The van der Waals surface area contributed by atoms with E-state index in [2.05, 4.69) is 0 Å². The Bertz CT molecular complexity index is 520. The zero-order chi connectivity index (χ0) is 12.4. The molecule has 0 aliphatic carbocycles. The molecular formula is C14H13Cl2N. The molecule has 0 amide bonds. The van der Waals surface area contributed by atoms with Crippen molar-refractivity contribution < 1.29 is 0 Å². The van der Waals surface area contributed by atoms with E-state index in [1.807, 2.05) is 49.4 Å². The van der Waals surface area contributed by atoms with Crippen molar-refractivity contribution >= 4 is 23.2 Å². The lowest BCUT2D eigenvalue weighted by Gasteiger charge is -2.15. The first-order valence-corrected chi connectivity index (χ1v) is 6.11. The van der Waals surface area contributed by atoms with Crippen LogP contribution in [0, 0.1) is 6.92 Å². The summed E-state index contributed by atoms with van der Waals surface area (Å²) in [5.74, 6) is 0. The van der Waals surface area contributed by atoms with E-state index >= 15 is 0 Å². The first-order chi connectivity index (χ1) is 8.09. The van der Waals surface area contributed by atoms with E-state index < -0.39 is 0 Å². The smallest absolute Gasteiger partial charge is 0.0566 e. The molecule has 1 atom stereocenters. The topological polar surface area (TPSA) is 26.0 Å². The third-order valence-corrected chi connectivity index (χ3v) is 3.55. The summed E-state index contributed by atoms with van der Waals surface area (Å²) in [6.07, 6.45) is 0. The van der Waals surface area contributed by atoms with E-state index in [1.165, 1.54) is 0 Å². The standard InChI is InChI=1S/C14H13Cl2N/c1-9-3-2-4-12(13(9)16)14(17)10-5-7-11(15)8-6-10/h2-8,14H,17H2,1H3. The van der Waals surface area contributed by atoms with Crippen molar-refractivity contribution in [1.82, 2.24) is 0 Å². The predicted molar refractivity (Wildman–Crippen MR) is 73.7 cm³/mol. The maximum atomic E-state index is 6.26. The highest BCUT2D eigenvalue weighted by molar-refractivity contribution is 6.32. The van der Waals surface area contributed by atoms with Crippen molar-refractivity contribution in [3.05, 3.63) is 69.2 Å². The van der Waals surface area contributed by atoms with Gasteiger partial charge in [0.1, 0.15) is 0 Å². The number of aryl methyl sites for hydroxylation is 1. The van der Waals surface area contributed by atoms with Gasteiger partial charge in [-0.3, -0.25) is 0 Å². The number of rotatable bonds is 2. The van der Waals surface area contributed by atoms with Gasteiger partial charge in [0.25, 0.3) is 0 Å². The van der Waals surface area contributed by atoms with Gasteiger partial charge in [-0.05, 0) is 35.7 Å². The van der Waals surface area contributed by atoms with Crippen LogP contribution in [0.3, 0.4) is 0 Å². The minimum Gasteiger partial charge on any atom is -0.320 e. The molecule has 1 unspecified atom stereocenters. The molecular weight excluding hydrogens is 253 g/mol. The molecule has 3 heteroatoms. The Morgan fingerprint density at radius 3 is 2.29 bits per heavy atom. The quantitative estimate of drug-likeness (QED) is 0.859. The molecule has 0 radical (unpaired) electrons. The van der Waals surface area contributed by atoms with Gasteiger partial charge in [-0.2, -0.15) is 0 Å². The SMILES string of the molecule is Cc1cccc(C(N)c2ccc(Cl)cc2)c1Cl. The molecule has 2 rings (SSSR count). The Labute approximate surface area is 111 Å². The third-order valence-electron chi connectivity index (χ3n) is 2.79. The van der Waals surface area contributed by atoms with E-state index in [1.54, 1.807) is 0 Å². The highest BCUT2D eigenvalue weighted by Crippen LogP contribution is 2.29. The van der Waals surface area contributed by atoms with Crippen LogP contribution < -0.4 is 5.73 Å². The molecule has 0 spiro atoms. The maximum absolute atomic E-state index is 6.26. The molecule has 0 saturated carbocycles. The summed E-state index contributed by atoms with van der Waals surface area (Å²) in [7, 11) is 0. The Hall–Kier alpha value is -1.02. The third kappa shape index (κ3) is 2.63. The molecule has 0 heterocycles. The van der Waals surface area contributed by atoms with Crippen LogP contribution in [0.2, 0.25) is 10.0 Å². The molecule has 2 aromatic carbocycles. The lowest BCUT2D eigenvalue weighted by molar-refractivity contribution is 0.870. The molecule has 0 aliphatic heterocycles. The van der Waals surface area contributed by atoms with Gasteiger partial charge in [-0.25, -0.2) is 0 Å². The zero-order valence-corrected chi connectivity index (χ0v) is 11.0. The fourth-order valence-corrected chi connectivity index (χ4v) is 2.13. The van der Waals surface area contributed by atoms with Crippen LogP contribution in [-0.4, -0.2) is 0 Å². The predicted octanol–water partition coefficient (Wildman–Crippen LogP) is 4.35. The van der Waals surface area contributed by atoms with Crippen molar-refractivity contribution in [2.24, 2.45) is 5.73 Å². The summed E-state index contributed by atoms with van der Waals surface area (Å²) in [5.41, 5.74) is 9.18. The van der Waals surface area contributed by atoms with E-state index in [4.69, 9.17) is 28.9 Å². The minimum absolute atomic E-state index is 0.223. The van der Waals surface area contributed by atoms with Crippen molar-refractivity contribution in [1.29, 1.82) is 0 Å². The maximum Gasteiger partial charge on any atom is 0.0566 e. The molecule has 0 saturated heterocycles. The molecule has 2 aromatic rings. The van der Waals surface area contributed by atoms with Crippen LogP contribution in [0.15, 0.2) is 42.5 Å². The number of halogens is 2. The van der Waals surface area contributed by atoms with Gasteiger partial charge >= 0.3 is 0 Å². The summed E-state index contributed by atoms with van der Waals surface area (Å²) >= 11 is 12.1. The van der Waals surface area contributed by atoms with E-state index in [-0.39, 0.29) is 6.04 Å². The van der Waals surface area contributed by atoms with Gasteiger partial charge in [0.05, 0.1) is 6.04 Å². The lowest BCUT2D eigenvalue weighted by atomic mass is 9.98. The molecule has 0 fully saturated rings. The van der Waals surface area contributed by atoms with Gasteiger partial charge in [0.2, 0.25) is 0 Å². The second-order valence-electron chi connectivity index (χ2n) is 4.01. The summed E-state index contributed by atoms with van der Waals surface area (Å²) in [5, 5.41) is 1.44. The van der Waals surface area contributed by atoms with Gasteiger partial charge in [0, 0.05) is 10.0 Å². The summed E-state index contributed by atoms with van der Waals surface area (Å²) < 4.78 is 0. The van der Waals surface area contributed by atoms with E-state index in [0.717, 1.165) is 21.7 Å². The number of benzene rings is 2. The van der Waals surface area contributed by atoms with Crippen molar-refractivity contribution in [3.63, 3.8) is 0 Å². The average Bonchev–Trinajstić information content (AvgIpc) is 2.33. The minimum atomic E-state index is -0.223. The van der Waals surface area contributed by atoms with Crippen molar-refractivity contribution in [2.45, 2.75) is 13.0 Å².